The first-order valence-corrected chi connectivity index (χ1v) is 6.17. The second kappa shape index (κ2) is 6.52. The van der Waals surface area contributed by atoms with Gasteiger partial charge < -0.3 is 10.2 Å². The van der Waals surface area contributed by atoms with Gasteiger partial charge in [-0.05, 0) is 17.5 Å². The fourth-order valence-electron chi connectivity index (χ4n) is 1.71. The zero-order valence-corrected chi connectivity index (χ0v) is 10.8. The number of aliphatic hydroxyl groups excluding tert-OH is 1. The minimum atomic E-state index is -1.56. The Bertz CT molecular complexity index is 456. The van der Waals surface area contributed by atoms with Crippen molar-refractivity contribution in [2.75, 3.05) is 5.88 Å². The molecule has 5 heteroatoms. The Labute approximate surface area is 110 Å². The summed E-state index contributed by atoms with van der Waals surface area (Å²) in [6.45, 7) is 1.86. The van der Waals surface area contributed by atoms with Crippen LogP contribution in [0.2, 0.25) is 0 Å². The number of carboxylic acids is 1. The number of ketones is 1. The van der Waals surface area contributed by atoms with Crippen molar-refractivity contribution in [3.63, 3.8) is 0 Å². The van der Waals surface area contributed by atoms with Gasteiger partial charge in [0.05, 0.1) is 0 Å². The monoisotopic (exact) mass is 270 g/mol. The van der Waals surface area contributed by atoms with Crippen molar-refractivity contribution in [3.8, 4) is 0 Å². The van der Waals surface area contributed by atoms with Gasteiger partial charge in [0.2, 0.25) is 0 Å². The molecule has 0 spiro atoms. The number of Topliss-reactive ketones (excluding diaryl/α,β-unsaturated/α-hetero) is 1. The summed E-state index contributed by atoms with van der Waals surface area (Å²) >= 11 is 5.53. The maximum Gasteiger partial charge on any atom is 0.337 e. The molecule has 1 aromatic rings. The number of benzene rings is 1. The van der Waals surface area contributed by atoms with Crippen LogP contribution in [0, 0.1) is 0 Å². The number of hydrogen-bond acceptors (Lipinski definition) is 3. The number of carbonyl (C=O) groups excluding carboxylic acids is 1. The standard InChI is InChI=1S/C13H15ClO4/c1-2-8-7-9(12(16)13(17)18)3-4-10(8)11(15)5-6-14/h3-4,7,12,16H,2,5-6H2,1H3,(H,17,18). The van der Waals surface area contributed by atoms with Gasteiger partial charge in [-0.2, -0.15) is 0 Å². The highest BCUT2D eigenvalue weighted by Crippen LogP contribution is 2.20. The third-order valence-corrected chi connectivity index (χ3v) is 2.87. The zero-order chi connectivity index (χ0) is 13.7. The second-order valence-corrected chi connectivity index (χ2v) is 4.25. The highest BCUT2D eigenvalue weighted by molar-refractivity contribution is 6.19. The summed E-state index contributed by atoms with van der Waals surface area (Å²) in [4.78, 5) is 22.5. The lowest BCUT2D eigenvalue weighted by molar-refractivity contribution is -0.146. The van der Waals surface area contributed by atoms with Crippen molar-refractivity contribution >= 4 is 23.4 Å². The van der Waals surface area contributed by atoms with Crippen molar-refractivity contribution in [1.29, 1.82) is 0 Å². The minimum absolute atomic E-state index is 0.0711. The van der Waals surface area contributed by atoms with E-state index in [1.165, 1.54) is 6.07 Å². The average molecular weight is 271 g/mol. The Morgan fingerprint density at radius 2 is 2.06 bits per heavy atom. The number of aliphatic hydroxyl groups is 1. The van der Waals surface area contributed by atoms with Gasteiger partial charge in [0.1, 0.15) is 0 Å². The van der Waals surface area contributed by atoms with E-state index in [0.717, 1.165) is 5.56 Å². The fraction of sp³-hybridized carbons (Fsp3) is 0.385. The van der Waals surface area contributed by atoms with E-state index in [1.807, 2.05) is 6.92 Å². The molecule has 18 heavy (non-hydrogen) atoms. The fourth-order valence-corrected chi connectivity index (χ4v) is 1.88. The summed E-state index contributed by atoms with van der Waals surface area (Å²) in [6, 6.07) is 4.56. The van der Waals surface area contributed by atoms with Gasteiger partial charge in [-0.1, -0.05) is 25.1 Å². The molecule has 0 aliphatic heterocycles. The van der Waals surface area contributed by atoms with Crippen LogP contribution in [0.4, 0.5) is 0 Å². The third-order valence-electron chi connectivity index (χ3n) is 2.68. The predicted octanol–water partition coefficient (Wildman–Crippen LogP) is 2.18. The lowest BCUT2D eigenvalue weighted by Crippen LogP contribution is -2.12. The Morgan fingerprint density at radius 1 is 1.39 bits per heavy atom. The van der Waals surface area contributed by atoms with Gasteiger partial charge >= 0.3 is 5.97 Å². The molecule has 1 aromatic carbocycles. The minimum Gasteiger partial charge on any atom is -0.479 e. The highest BCUT2D eigenvalue weighted by atomic mass is 35.5. The quantitative estimate of drug-likeness (QED) is 0.614. The first-order valence-electron chi connectivity index (χ1n) is 5.64. The van der Waals surface area contributed by atoms with Gasteiger partial charge in [-0.25, -0.2) is 4.79 Å². The second-order valence-electron chi connectivity index (χ2n) is 3.87. The molecule has 4 nitrogen and oxygen atoms in total. The number of carbonyl (C=O) groups is 2. The number of aryl methyl sites for hydroxylation is 1. The van der Waals surface area contributed by atoms with E-state index < -0.39 is 12.1 Å². The molecular formula is C13H15ClO4. The molecule has 1 rings (SSSR count). The summed E-state index contributed by atoms with van der Waals surface area (Å²) in [5, 5.41) is 18.2. The van der Waals surface area contributed by atoms with Gasteiger partial charge in [-0.15, -0.1) is 11.6 Å². The number of aliphatic carboxylic acids is 1. The molecular weight excluding hydrogens is 256 g/mol. The van der Waals surface area contributed by atoms with Gasteiger partial charge in [0, 0.05) is 17.9 Å². The Hall–Kier alpha value is -1.39. The summed E-state index contributed by atoms with van der Waals surface area (Å²) in [6.07, 6.45) is -0.730. The number of carboxylic acid groups (broad SMARTS) is 1. The number of rotatable bonds is 6. The third kappa shape index (κ3) is 3.31. The molecule has 0 amide bonds. The van der Waals surface area contributed by atoms with Crippen LogP contribution in [-0.4, -0.2) is 27.8 Å². The maximum absolute atomic E-state index is 11.8. The number of alkyl halides is 1. The van der Waals surface area contributed by atoms with Crippen molar-refractivity contribution in [2.45, 2.75) is 25.9 Å². The summed E-state index contributed by atoms with van der Waals surface area (Å²) in [5.74, 6) is -1.13. The van der Waals surface area contributed by atoms with Gasteiger partial charge in [0.25, 0.3) is 0 Å². The van der Waals surface area contributed by atoms with Crippen LogP contribution < -0.4 is 0 Å². The molecule has 0 fully saturated rings. The average Bonchev–Trinajstić information content (AvgIpc) is 2.37. The molecule has 0 radical (unpaired) electrons. The molecule has 1 unspecified atom stereocenters. The predicted molar refractivity (Wildman–Crippen MR) is 68.1 cm³/mol. The molecule has 2 N–H and O–H groups in total. The van der Waals surface area contributed by atoms with Gasteiger partial charge in [-0.3, -0.25) is 4.79 Å². The Morgan fingerprint density at radius 3 is 2.56 bits per heavy atom. The summed E-state index contributed by atoms with van der Waals surface area (Å²) in [7, 11) is 0. The smallest absolute Gasteiger partial charge is 0.337 e. The molecule has 0 aromatic heterocycles. The normalized spacial score (nSPS) is 12.2. The molecule has 98 valence electrons. The first-order chi connectivity index (χ1) is 8.51. The number of halogens is 1. The van der Waals surface area contributed by atoms with Crippen LogP contribution in [0.15, 0.2) is 18.2 Å². The zero-order valence-electron chi connectivity index (χ0n) is 10.0. The Kier molecular flexibility index (Phi) is 5.31. The van der Waals surface area contributed by atoms with E-state index in [9.17, 15) is 14.7 Å². The Balaban J connectivity index is 3.11. The first kappa shape index (κ1) is 14.7. The molecule has 0 aliphatic rings. The number of hydrogen-bond donors (Lipinski definition) is 2. The van der Waals surface area contributed by atoms with E-state index in [-0.39, 0.29) is 23.6 Å². The van der Waals surface area contributed by atoms with Crippen LogP contribution in [0.3, 0.4) is 0 Å². The topological polar surface area (TPSA) is 74.6 Å². The SMILES string of the molecule is CCc1cc(C(O)C(=O)O)ccc1C(=O)CCCl. The van der Waals surface area contributed by atoms with Crippen LogP contribution in [0.25, 0.3) is 0 Å². The molecule has 0 heterocycles. The van der Waals surface area contributed by atoms with E-state index in [2.05, 4.69) is 0 Å². The van der Waals surface area contributed by atoms with Crippen LogP contribution in [0.5, 0.6) is 0 Å². The van der Waals surface area contributed by atoms with E-state index in [0.29, 0.717) is 12.0 Å². The molecule has 0 aliphatic carbocycles. The molecule has 0 bridgehead atoms. The largest absolute Gasteiger partial charge is 0.479 e. The molecule has 1 atom stereocenters. The molecule has 0 saturated heterocycles. The van der Waals surface area contributed by atoms with Crippen LogP contribution >= 0.6 is 11.6 Å². The van der Waals surface area contributed by atoms with Crippen molar-refractivity contribution < 1.29 is 19.8 Å². The van der Waals surface area contributed by atoms with E-state index in [1.54, 1.807) is 12.1 Å². The van der Waals surface area contributed by atoms with Crippen molar-refractivity contribution in [2.24, 2.45) is 0 Å². The maximum atomic E-state index is 11.8. The molecule has 0 saturated carbocycles. The summed E-state index contributed by atoms with van der Waals surface area (Å²) < 4.78 is 0. The lowest BCUT2D eigenvalue weighted by atomic mass is 9.96. The van der Waals surface area contributed by atoms with Crippen LogP contribution in [0.1, 0.15) is 40.9 Å². The van der Waals surface area contributed by atoms with E-state index in [4.69, 9.17) is 16.7 Å². The van der Waals surface area contributed by atoms with Crippen molar-refractivity contribution in [1.82, 2.24) is 0 Å². The van der Waals surface area contributed by atoms with Crippen molar-refractivity contribution in [3.05, 3.63) is 34.9 Å². The summed E-state index contributed by atoms with van der Waals surface area (Å²) in [5.41, 5.74) is 1.55. The van der Waals surface area contributed by atoms with Gasteiger partial charge in [0.15, 0.2) is 11.9 Å². The highest BCUT2D eigenvalue weighted by Gasteiger charge is 2.18. The van der Waals surface area contributed by atoms with Crippen LogP contribution in [-0.2, 0) is 11.2 Å². The van der Waals surface area contributed by atoms with E-state index >= 15 is 0 Å². The lowest BCUT2D eigenvalue weighted by Gasteiger charge is -2.11.